The number of rotatable bonds is 6. The highest BCUT2D eigenvalue weighted by Crippen LogP contribution is 2.29. The van der Waals surface area contributed by atoms with E-state index in [0.29, 0.717) is 17.9 Å². The molecule has 0 spiro atoms. The average molecular weight is 380 g/mol. The Morgan fingerprint density at radius 1 is 0.964 bits per heavy atom. The highest BCUT2D eigenvalue weighted by Gasteiger charge is 2.31. The third-order valence-electron chi connectivity index (χ3n) is 5.36. The fourth-order valence-corrected chi connectivity index (χ4v) is 3.72. The lowest BCUT2D eigenvalue weighted by molar-refractivity contribution is 0.120. The fraction of sp³-hybridized carbons (Fsp3) is 0.381. The Morgan fingerprint density at radius 3 is 2.43 bits per heavy atom. The van der Waals surface area contributed by atoms with Crippen LogP contribution in [0.25, 0.3) is 0 Å². The van der Waals surface area contributed by atoms with Crippen molar-refractivity contribution in [1.29, 1.82) is 0 Å². The maximum atomic E-state index is 14.7. The molecule has 2 heterocycles. The van der Waals surface area contributed by atoms with Crippen LogP contribution >= 0.6 is 0 Å². The summed E-state index contributed by atoms with van der Waals surface area (Å²) in [4.78, 5) is 4.57. The standard InChI is InChI=1S/C21H25FN6/c1-26-13-15-27(16-14-26)20(18-9-5-6-10-19(18)22)21-23-24-25-28(21)12-11-17-7-3-2-4-8-17/h2-10,20H,11-16H2,1H3. The number of nitrogens with zero attached hydrogens (tertiary/aromatic N) is 6. The second-order valence-corrected chi connectivity index (χ2v) is 7.26. The van der Waals surface area contributed by atoms with Crippen molar-refractivity contribution in [3.63, 3.8) is 0 Å². The number of halogens is 1. The van der Waals surface area contributed by atoms with Gasteiger partial charge in [0.05, 0.1) is 0 Å². The molecule has 0 radical (unpaired) electrons. The largest absolute Gasteiger partial charge is 0.304 e. The van der Waals surface area contributed by atoms with Crippen LogP contribution in [0.15, 0.2) is 54.6 Å². The van der Waals surface area contributed by atoms with E-state index in [2.05, 4.69) is 44.5 Å². The summed E-state index contributed by atoms with van der Waals surface area (Å²) in [6, 6.07) is 16.9. The Hall–Kier alpha value is -2.64. The molecule has 0 saturated carbocycles. The lowest BCUT2D eigenvalue weighted by Crippen LogP contribution is -2.47. The van der Waals surface area contributed by atoms with E-state index in [1.165, 1.54) is 11.6 Å². The van der Waals surface area contributed by atoms with Gasteiger partial charge < -0.3 is 4.90 Å². The monoisotopic (exact) mass is 380 g/mol. The van der Waals surface area contributed by atoms with Gasteiger partial charge in [0, 0.05) is 38.3 Å². The summed E-state index contributed by atoms with van der Waals surface area (Å²) in [5.74, 6) is 0.481. The van der Waals surface area contributed by atoms with Gasteiger partial charge in [-0.25, -0.2) is 9.07 Å². The number of piperazine rings is 1. The van der Waals surface area contributed by atoms with Crippen LogP contribution in [-0.4, -0.2) is 63.2 Å². The van der Waals surface area contributed by atoms with Crippen molar-refractivity contribution in [2.45, 2.75) is 19.0 Å². The minimum Gasteiger partial charge on any atom is -0.304 e. The van der Waals surface area contributed by atoms with Crippen LogP contribution in [0.1, 0.15) is 23.0 Å². The Morgan fingerprint density at radius 2 is 1.68 bits per heavy atom. The van der Waals surface area contributed by atoms with Crippen molar-refractivity contribution in [2.75, 3.05) is 33.2 Å². The first-order valence-corrected chi connectivity index (χ1v) is 9.69. The summed E-state index contributed by atoms with van der Waals surface area (Å²) >= 11 is 0. The molecular weight excluding hydrogens is 355 g/mol. The van der Waals surface area contributed by atoms with Gasteiger partial charge in [-0.05, 0) is 35.5 Å². The molecule has 1 fully saturated rings. The fourth-order valence-electron chi connectivity index (χ4n) is 3.72. The highest BCUT2D eigenvalue weighted by molar-refractivity contribution is 5.27. The number of hydrogen-bond donors (Lipinski definition) is 0. The number of aryl methyl sites for hydroxylation is 2. The van der Waals surface area contributed by atoms with E-state index in [0.717, 1.165) is 32.6 Å². The molecule has 1 unspecified atom stereocenters. The first-order chi connectivity index (χ1) is 13.7. The van der Waals surface area contributed by atoms with Gasteiger partial charge in [-0.15, -0.1) is 5.10 Å². The minimum atomic E-state index is -0.291. The molecule has 3 aromatic rings. The molecule has 1 aliphatic heterocycles. The molecule has 1 aliphatic rings. The molecule has 7 heteroatoms. The number of likely N-dealkylation sites (N-methyl/N-ethyl adjacent to an activating group) is 1. The molecule has 28 heavy (non-hydrogen) atoms. The van der Waals surface area contributed by atoms with Crippen LogP contribution in [0.3, 0.4) is 0 Å². The van der Waals surface area contributed by atoms with Crippen LogP contribution in [0.5, 0.6) is 0 Å². The third-order valence-corrected chi connectivity index (χ3v) is 5.36. The van der Waals surface area contributed by atoms with Crippen LogP contribution < -0.4 is 0 Å². The summed E-state index contributed by atoms with van der Waals surface area (Å²) in [5.41, 5.74) is 1.86. The SMILES string of the molecule is CN1CCN(C(c2ccccc2F)c2nnnn2CCc2ccccc2)CC1. The second-order valence-electron chi connectivity index (χ2n) is 7.26. The van der Waals surface area contributed by atoms with Gasteiger partial charge >= 0.3 is 0 Å². The van der Waals surface area contributed by atoms with Crippen LogP contribution in [0.2, 0.25) is 0 Å². The first kappa shape index (κ1) is 18.7. The normalized spacial score (nSPS) is 16.9. The molecular formula is C21H25FN6. The van der Waals surface area contributed by atoms with Crippen molar-refractivity contribution in [2.24, 2.45) is 0 Å². The molecule has 2 aromatic carbocycles. The number of benzene rings is 2. The van der Waals surface area contributed by atoms with E-state index in [4.69, 9.17) is 0 Å². The Balaban J connectivity index is 1.64. The zero-order chi connectivity index (χ0) is 19.3. The Bertz CT molecular complexity index is 889. The predicted molar refractivity (Wildman–Crippen MR) is 105 cm³/mol. The molecule has 0 N–H and O–H groups in total. The smallest absolute Gasteiger partial charge is 0.173 e. The Labute approximate surface area is 164 Å². The van der Waals surface area contributed by atoms with Gasteiger partial charge in [-0.1, -0.05) is 48.5 Å². The van der Waals surface area contributed by atoms with Crippen molar-refractivity contribution in [3.8, 4) is 0 Å². The maximum Gasteiger partial charge on any atom is 0.173 e. The van der Waals surface area contributed by atoms with Crippen LogP contribution in [0.4, 0.5) is 4.39 Å². The van der Waals surface area contributed by atoms with Gasteiger partial charge in [0.25, 0.3) is 0 Å². The number of aromatic nitrogens is 4. The van der Waals surface area contributed by atoms with Crippen LogP contribution in [-0.2, 0) is 13.0 Å². The highest BCUT2D eigenvalue weighted by atomic mass is 19.1. The van der Waals surface area contributed by atoms with E-state index in [-0.39, 0.29) is 11.9 Å². The van der Waals surface area contributed by atoms with Crippen molar-refractivity contribution in [3.05, 3.63) is 77.4 Å². The van der Waals surface area contributed by atoms with E-state index in [1.54, 1.807) is 6.07 Å². The minimum absolute atomic E-state index is 0.218. The van der Waals surface area contributed by atoms with E-state index >= 15 is 0 Å². The zero-order valence-corrected chi connectivity index (χ0v) is 16.1. The lowest BCUT2D eigenvalue weighted by atomic mass is 10.0. The molecule has 1 saturated heterocycles. The molecule has 146 valence electrons. The van der Waals surface area contributed by atoms with Gasteiger partial charge in [-0.3, -0.25) is 4.90 Å². The first-order valence-electron chi connectivity index (χ1n) is 9.69. The van der Waals surface area contributed by atoms with Crippen LogP contribution in [0, 0.1) is 5.82 Å². The topological polar surface area (TPSA) is 50.1 Å². The van der Waals surface area contributed by atoms with E-state index < -0.39 is 0 Å². The molecule has 4 rings (SSSR count). The summed E-state index contributed by atoms with van der Waals surface area (Å²) < 4.78 is 16.6. The summed E-state index contributed by atoms with van der Waals surface area (Å²) in [6.07, 6.45) is 0.825. The zero-order valence-electron chi connectivity index (χ0n) is 16.1. The van der Waals surface area contributed by atoms with Crippen molar-refractivity contribution in [1.82, 2.24) is 30.0 Å². The third kappa shape index (κ3) is 4.10. The molecule has 0 bridgehead atoms. The average Bonchev–Trinajstić information content (AvgIpc) is 3.18. The van der Waals surface area contributed by atoms with Gasteiger partial charge in [0.1, 0.15) is 11.9 Å². The van der Waals surface area contributed by atoms with Crippen molar-refractivity contribution < 1.29 is 4.39 Å². The maximum absolute atomic E-state index is 14.7. The van der Waals surface area contributed by atoms with E-state index in [1.807, 2.05) is 35.0 Å². The molecule has 1 atom stereocenters. The lowest BCUT2D eigenvalue weighted by Gasteiger charge is -2.37. The second kappa shape index (κ2) is 8.58. The predicted octanol–water partition coefficient (Wildman–Crippen LogP) is 2.39. The molecule has 1 aromatic heterocycles. The van der Waals surface area contributed by atoms with Crippen molar-refractivity contribution >= 4 is 0 Å². The molecule has 6 nitrogen and oxygen atoms in total. The quantitative estimate of drug-likeness (QED) is 0.657. The number of tetrazole rings is 1. The Kier molecular flexibility index (Phi) is 5.73. The van der Waals surface area contributed by atoms with Gasteiger partial charge in [0.15, 0.2) is 5.82 Å². The summed E-state index contributed by atoms with van der Waals surface area (Å²) in [6.45, 7) is 4.24. The summed E-state index contributed by atoms with van der Waals surface area (Å²) in [5, 5.41) is 12.5. The van der Waals surface area contributed by atoms with E-state index in [9.17, 15) is 4.39 Å². The van der Waals surface area contributed by atoms with Gasteiger partial charge in [-0.2, -0.15) is 0 Å². The molecule has 0 aliphatic carbocycles. The number of hydrogen-bond acceptors (Lipinski definition) is 5. The summed E-state index contributed by atoms with van der Waals surface area (Å²) in [7, 11) is 2.11. The molecule has 0 amide bonds. The van der Waals surface area contributed by atoms with Gasteiger partial charge in [0.2, 0.25) is 0 Å².